The molecular weight excluding hydrogens is 234 g/mol. The highest BCUT2D eigenvalue weighted by molar-refractivity contribution is 5.47. The molecule has 0 aliphatic carbocycles. The normalized spacial score (nSPS) is 17.4. The van der Waals surface area contributed by atoms with Gasteiger partial charge in [0.1, 0.15) is 13.6 Å². The first-order valence-electron chi connectivity index (χ1n) is 6.64. The maximum atomic E-state index is 6.15. The second-order valence-corrected chi connectivity index (χ2v) is 5.01. The predicted molar refractivity (Wildman–Crippen MR) is 76.5 cm³/mol. The lowest BCUT2D eigenvalue weighted by Gasteiger charge is -2.34. The van der Waals surface area contributed by atoms with E-state index in [1.165, 1.54) is 11.1 Å². The van der Waals surface area contributed by atoms with Gasteiger partial charge in [0.15, 0.2) is 5.60 Å². The van der Waals surface area contributed by atoms with E-state index in [0.717, 1.165) is 13.0 Å². The Balaban J connectivity index is 2.12. The zero-order valence-electron chi connectivity index (χ0n) is 11.1. The molecule has 0 saturated heterocycles. The Morgan fingerprint density at radius 2 is 1.42 bits per heavy atom. The highest BCUT2D eigenvalue weighted by Crippen LogP contribution is 2.37. The van der Waals surface area contributed by atoms with Gasteiger partial charge in [-0.3, -0.25) is 0 Å². The first-order chi connectivity index (χ1) is 9.31. The molecule has 2 aromatic carbocycles. The van der Waals surface area contributed by atoms with Crippen LogP contribution in [0.4, 0.5) is 0 Å². The fraction of sp³-hybridized carbons (Fsp3) is 0.235. The van der Waals surface area contributed by atoms with Gasteiger partial charge in [0.25, 0.3) is 0 Å². The Labute approximate surface area is 114 Å². The van der Waals surface area contributed by atoms with Crippen LogP contribution in [-0.4, -0.2) is 24.6 Å². The Bertz CT molecular complexity index is 535. The van der Waals surface area contributed by atoms with E-state index in [1.54, 1.807) is 0 Å². The van der Waals surface area contributed by atoms with Crippen molar-refractivity contribution in [3.63, 3.8) is 0 Å². The molecule has 0 bridgehead atoms. The van der Waals surface area contributed by atoms with Gasteiger partial charge < -0.3 is 4.74 Å². The molecule has 96 valence electrons. The summed E-state index contributed by atoms with van der Waals surface area (Å²) >= 11 is 0. The van der Waals surface area contributed by atoms with Gasteiger partial charge in [0, 0.05) is 11.1 Å². The molecule has 0 N–H and O–H groups in total. The van der Waals surface area contributed by atoms with Crippen molar-refractivity contribution in [3.05, 3.63) is 71.8 Å². The van der Waals surface area contributed by atoms with Crippen LogP contribution in [0.1, 0.15) is 17.5 Å². The molecule has 0 atom stereocenters. The van der Waals surface area contributed by atoms with Crippen LogP contribution in [0.2, 0.25) is 0 Å². The number of ether oxygens (including phenoxy) is 1. The monoisotopic (exact) mass is 252 g/mol. The van der Waals surface area contributed by atoms with Crippen molar-refractivity contribution in [2.24, 2.45) is 0 Å². The van der Waals surface area contributed by atoms with Gasteiger partial charge in [-0.1, -0.05) is 60.7 Å². The molecule has 0 spiro atoms. The average molecular weight is 252 g/mol. The molecule has 0 saturated carbocycles. The van der Waals surface area contributed by atoms with Crippen molar-refractivity contribution in [1.82, 2.24) is 0 Å². The van der Waals surface area contributed by atoms with Gasteiger partial charge in [-0.15, -0.1) is 0 Å². The van der Waals surface area contributed by atoms with Gasteiger partial charge in [-0.2, -0.15) is 0 Å². The van der Waals surface area contributed by atoms with Crippen LogP contribution in [-0.2, 0) is 10.3 Å². The van der Waals surface area contributed by atoms with Crippen LogP contribution >= 0.6 is 0 Å². The van der Waals surface area contributed by atoms with Crippen LogP contribution in [0.3, 0.4) is 0 Å². The van der Waals surface area contributed by atoms with E-state index >= 15 is 0 Å². The number of rotatable bonds is 2. The highest BCUT2D eigenvalue weighted by Gasteiger charge is 2.39. The molecule has 19 heavy (non-hydrogen) atoms. The topological polar surface area (TPSA) is 12.2 Å². The number of hydrogen-bond donors (Lipinski definition) is 0. The molecule has 0 aromatic heterocycles. The van der Waals surface area contributed by atoms with Gasteiger partial charge >= 0.3 is 6.40 Å². The van der Waals surface area contributed by atoms with E-state index < -0.39 is 0 Å². The summed E-state index contributed by atoms with van der Waals surface area (Å²) in [6.07, 6.45) is 2.79. The van der Waals surface area contributed by atoms with Crippen LogP contribution in [0.5, 0.6) is 0 Å². The third-order valence-electron chi connectivity index (χ3n) is 3.73. The molecule has 0 unspecified atom stereocenters. The maximum Gasteiger partial charge on any atom is 0.324 e. The van der Waals surface area contributed by atoms with E-state index in [4.69, 9.17) is 4.74 Å². The number of nitrogens with zero attached hydrogens (tertiary/aromatic N) is 1. The third-order valence-corrected chi connectivity index (χ3v) is 3.73. The second kappa shape index (κ2) is 4.88. The fourth-order valence-electron chi connectivity index (χ4n) is 2.63. The molecule has 0 fully saturated rings. The van der Waals surface area contributed by atoms with Crippen molar-refractivity contribution in [3.8, 4) is 0 Å². The van der Waals surface area contributed by atoms with Crippen molar-refractivity contribution >= 4 is 6.40 Å². The van der Waals surface area contributed by atoms with Crippen LogP contribution < -0.4 is 0 Å². The van der Waals surface area contributed by atoms with Crippen LogP contribution in [0, 0.1) is 0 Å². The molecule has 0 radical (unpaired) electrons. The molecule has 1 heterocycles. The third kappa shape index (κ3) is 2.14. The van der Waals surface area contributed by atoms with Gasteiger partial charge in [-0.25, -0.2) is 4.58 Å². The Kier molecular flexibility index (Phi) is 3.08. The lowest BCUT2D eigenvalue weighted by molar-refractivity contribution is -0.515. The summed E-state index contributed by atoms with van der Waals surface area (Å²) in [5, 5.41) is 0. The predicted octanol–water partition coefficient (Wildman–Crippen LogP) is 3.02. The zero-order chi connectivity index (χ0) is 13.1. The van der Waals surface area contributed by atoms with E-state index in [9.17, 15) is 0 Å². The summed E-state index contributed by atoms with van der Waals surface area (Å²) in [4.78, 5) is 0. The highest BCUT2D eigenvalue weighted by atomic mass is 16.5. The van der Waals surface area contributed by atoms with Crippen LogP contribution in [0.25, 0.3) is 0 Å². The number of benzene rings is 2. The average Bonchev–Trinajstić information content (AvgIpc) is 2.50. The lowest BCUT2D eigenvalue weighted by atomic mass is 9.83. The zero-order valence-corrected chi connectivity index (χ0v) is 11.1. The first-order valence-corrected chi connectivity index (χ1v) is 6.64. The van der Waals surface area contributed by atoms with E-state index in [1.807, 2.05) is 25.6 Å². The maximum absolute atomic E-state index is 6.15. The minimum atomic E-state index is -0.352. The van der Waals surface area contributed by atoms with Crippen molar-refractivity contribution in [2.75, 3.05) is 13.6 Å². The molecule has 3 rings (SSSR count). The largest absolute Gasteiger partial charge is 0.434 e. The van der Waals surface area contributed by atoms with E-state index in [2.05, 4.69) is 53.1 Å². The van der Waals surface area contributed by atoms with Crippen molar-refractivity contribution in [1.29, 1.82) is 0 Å². The molecule has 1 aliphatic rings. The summed E-state index contributed by atoms with van der Waals surface area (Å²) in [6, 6.07) is 20.9. The fourth-order valence-corrected chi connectivity index (χ4v) is 2.63. The smallest absolute Gasteiger partial charge is 0.324 e. The molecule has 0 amide bonds. The molecule has 2 aromatic rings. The SMILES string of the molecule is C[N+]1=COC(c2ccccc2)(c2ccccc2)CC1. The lowest BCUT2D eigenvalue weighted by Crippen LogP contribution is -2.38. The Morgan fingerprint density at radius 3 is 1.84 bits per heavy atom. The molecular formula is C17H18NO+. The summed E-state index contributed by atoms with van der Waals surface area (Å²) in [6.45, 7) is 0.990. The van der Waals surface area contributed by atoms with Gasteiger partial charge in [0.2, 0.25) is 0 Å². The summed E-state index contributed by atoms with van der Waals surface area (Å²) < 4.78 is 8.24. The minimum absolute atomic E-state index is 0.352. The van der Waals surface area contributed by atoms with Crippen LogP contribution in [0.15, 0.2) is 60.7 Å². The Hall–Kier alpha value is -2.09. The Morgan fingerprint density at radius 1 is 0.895 bits per heavy atom. The standard InChI is InChI=1S/C17H18NO/c1-18-13-12-17(19-14-18,15-8-4-2-5-9-15)16-10-6-3-7-11-16/h2-11,14H,12-13H2,1H3/q+1. The van der Waals surface area contributed by atoms with E-state index in [0.29, 0.717) is 0 Å². The molecule has 1 aliphatic heterocycles. The second-order valence-electron chi connectivity index (χ2n) is 5.01. The first kappa shape index (κ1) is 12.0. The van der Waals surface area contributed by atoms with Crippen molar-refractivity contribution in [2.45, 2.75) is 12.0 Å². The molecule has 2 heteroatoms. The number of hydrogen-bond acceptors (Lipinski definition) is 1. The van der Waals surface area contributed by atoms with Crippen molar-refractivity contribution < 1.29 is 9.31 Å². The summed E-state index contributed by atoms with van der Waals surface area (Å²) in [5.41, 5.74) is 2.07. The van der Waals surface area contributed by atoms with Gasteiger partial charge in [0.05, 0.1) is 6.42 Å². The minimum Gasteiger partial charge on any atom is -0.434 e. The summed E-state index contributed by atoms with van der Waals surface area (Å²) in [5.74, 6) is 0. The quantitative estimate of drug-likeness (QED) is 0.748. The van der Waals surface area contributed by atoms with Gasteiger partial charge in [-0.05, 0) is 0 Å². The van der Waals surface area contributed by atoms with E-state index in [-0.39, 0.29) is 5.60 Å². The summed E-state index contributed by atoms with van der Waals surface area (Å²) in [7, 11) is 2.04. The molecule has 2 nitrogen and oxygen atoms in total.